The lowest BCUT2D eigenvalue weighted by Gasteiger charge is -2.20. The van der Waals surface area contributed by atoms with Crippen molar-refractivity contribution >= 4 is 11.7 Å². The number of methoxy groups -OCH3 is 1. The zero-order valence-electron chi connectivity index (χ0n) is 12.0. The number of aliphatic carboxylic acids is 1. The fourth-order valence-corrected chi connectivity index (χ4v) is 2.40. The second-order valence-electron chi connectivity index (χ2n) is 5.48. The van der Waals surface area contributed by atoms with E-state index in [1.165, 1.54) is 5.56 Å². The molecule has 2 rings (SSSR count). The van der Waals surface area contributed by atoms with Crippen molar-refractivity contribution in [1.82, 2.24) is 0 Å². The summed E-state index contributed by atoms with van der Waals surface area (Å²) in [4.78, 5) is 11.2. The number of hydrogen-bond donors (Lipinski definition) is 2. The highest BCUT2D eigenvalue weighted by molar-refractivity contribution is 5.79. The van der Waals surface area contributed by atoms with Gasteiger partial charge in [0.2, 0.25) is 0 Å². The first-order chi connectivity index (χ1) is 8.91. The maximum Gasteiger partial charge on any atom is 0.311 e. The number of nitrogens with one attached hydrogen (secondary N) is 1. The van der Waals surface area contributed by atoms with E-state index in [-0.39, 0.29) is 0 Å². The van der Waals surface area contributed by atoms with Crippen molar-refractivity contribution in [2.75, 3.05) is 19.0 Å². The minimum absolute atomic E-state index is 0.460. The van der Waals surface area contributed by atoms with Gasteiger partial charge in [-0.3, -0.25) is 4.79 Å². The van der Waals surface area contributed by atoms with E-state index >= 15 is 0 Å². The molecule has 1 aromatic carbocycles. The van der Waals surface area contributed by atoms with E-state index in [1.807, 2.05) is 20.8 Å². The summed E-state index contributed by atoms with van der Waals surface area (Å²) in [6, 6.07) is 2.10. The number of hydrogen-bond acceptors (Lipinski definition) is 3. The van der Waals surface area contributed by atoms with E-state index in [1.54, 1.807) is 7.11 Å². The topological polar surface area (TPSA) is 58.6 Å². The Morgan fingerprint density at radius 2 is 2.00 bits per heavy atom. The predicted molar refractivity (Wildman–Crippen MR) is 75.0 cm³/mol. The Morgan fingerprint density at radius 1 is 1.37 bits per heavy atom. The smallest absolute Gasteiger partial charge is 0.311 e. The van der Waals surface area contributed by atoms with Crippen LogP contribution in [0.4, 0.5) is 5.69 Å². The first-order valence-electron chi connectivity index (χ1n) is 6.53. The van der Waals surface area contributed by atoms with Crippen LogP contribution in [0.15, 0.2) is 6.07 Å². The van der Waals surface area contributed by atoms with Crippen LogP contribution in [0.3, 0.4) is 0 Å². The first kappa shape index (κ1) is 13.7. The van der Waals surface area contributed by atoms with Crippen LogP contribution in [0.1, 0.15) is 29.5 Å². The average Bonchev–Trinajstić information content (AvgIpc) is 3.13. The molecule has 1 aliphatic carbocycles. The molecule has 1 saturated carbocycles. The summed E-state index contributed by atoms with van der Waals surface area (Å²) in [6.45, 7) is 6.54. The van der Waals surface area contributed by atoms with Crippen molar-refractivity contribution in [2.45, 2.75) is 33.6 Å². The standard InChI is InChI=1S/C15H21NO3/c1-9-7-10(2)12(13(19-4)11(9)3)16-8-15(5-6-15)14(17)18/h7,16H,5-6,8H2,1-4H3,(H,17,18). The molecule has 0 unspecified atom stereocenters. The highest BCUT2D eigenvalue weighted by Gasteiger charge is 2.50. The van der Waals surface area contributed by atoms with Gasteiger partial charge in [0.15, 0.2) is 0 Å². The molecule has 0 radical (unpaired) electrons. The SMILES string of the molecule is COc1c(C)c(C)cc(C)c1NCC1(C(=O)O)CC1. The van der Waals surface area contributed by atoms with Gasteiger partial charge in [0, 0.05) is 6.54 Å². The zero-order valence-corrected chi connectivity index (χ0v) is 12.0. The van der Waals surface area contributed by atoms with Crippen LogP contribution in [0.5, 0.6) is 5.75 Å². The lowest BCUT2D eigenvalue weighted by molar-refractivity contribution is -0.142. The summed E-state index contributed by atoms with van der Waals surface area (Å²) in [7, 11) is 1.65. The molecule has 19 heavy (non-hydrogen) atoms. The number of carboxylic acid groups (broad SMARTS) is 1. The molecule has 1 aliphatic rings. The summed E-state index contributed by atoms with van der Waals surface area (Å²) in [5.41, 5.74) is 3.70. The van der Waals surface area contributed by atoms with Gasteiger partial charge in [-0.25, -0.2) is 0 Å². The van der Waals surface area contributed by atoms with Gasteiger partial charge in [0.25, 0.3) is 0 Å². The van der Waals surface area contributed by atoms with Crippen LogP contribution in [-0.4, -0.2) is 24.7 Å². The maximum atomic E-state index is 11.2. The highest BCUT2D eigenvalue weighted by Crippen LogP contribution is 2.46. The van der Waals surface area contributed by atoms with Crippen molar-refractivity contribution in [3.05, 3.63) is 22.8 Å². The predicted octanol–water partition coefficient (Wildman–Crippen LogP) is 2.90. The second-order valence-corrected chi connectivity index (χ2v) is 5.48. The quantitative estimate of drug-likeness (QED) is 0.857. The molecule has 1 aromatic rings. The third kappa shape index (κ3) is 2.39. The molecule has 2 N–H and O–H groups in total. The fraction of sp³-hybridized carbons (Fsp3) is 0.533. The van der Waals surface area contributed by atoms with E-state index in [4.69, 9.17) is 4.74 Å². The molecule has 0 aliphatic heterocycles. The molecule has 4 heteroatoms. The van der Waals surface area contributed by atoms with Crippen molar-refractivity contribution in [2.24, 2.45) is 5.41 Å². The number of anilines is 1. The Labute approximate surface area is 113 Å². The molecular formula is C15H21NO3. The van der Waals surface area contributed by atoms with Crippen LogP contribution in [-0.2, 0) is 4.79 Å². The van der Waals surface area contributed by atoms with Crippen molar-refractivity contribution in [1.29, 1.82) is 0 Å². The molecule has 0 saturated heterocycles. The van der Waals surface area contributed by atoms with E-state index in [0.29, 0.717) is 6.54 Å². The number of aryl methyl sites for hydroxylation is 2. The highest BCUT2D eigenvalue weighted by atomic mass is 16.5. The molecule has 0 bridgehead atoms. The van der Waals surface area contributed by atoms with Crippen LogP contribution < -0.4 is 10.1 Å². The lowest BCUT2D eigenvalue weighted by Crippen LogP contribution is -2.24. The maximum absolute atomic E-state index is 11.2. The monoisotopic (exact) mass is 263 g/mol. The van der Waals surface area contributed by atoms with Crippen molar-refractivity contribution in [3.8, 4) is 5.75 Å². The lowest BCUT2D eigenvalue weighted by atomic mass is 10.0. The normalized spacial score (nSPS) is 16.0. The van der Waals surface area contributed by atoms with Gasteiger partial charge in [-0.05, 0) is 50.3 Å². The largest absolute Gasteiger partial charge is 0.494 e. The molecule has 0 amide bonds. The molecule has 104 valence electrons. The summed E-state index contributed by atoms with van der Waals surface area (Å²) < 4.78 is 5.47. The minimum Gasteiger partial charge on any atom is -0.494 e. The van der Waals surface area contributed by atoms with Gasteiger partial charge in [0.1, 0.15) is 5.75 Å². The van der Waals surface area contributed by atoms with E-state index in [2.05, 4.69) is 11.4 Å². The van der Waals surface area contributed by atoms with Gasteiger partial charge in [0.05, 0.1) is 18.2 Å². The second kappa shape index (κ2) is 4.76. The summed E-state index contributed by atoms with van der Waals surface area (Å²) in [5.74, 6) is 0.110. The Hall–Kier alpha value is -1.71. The zero-order chi connectivity index (χ0) is 14.2. The average molecular weight is 263 g/mol. The van der Waals surface area contributed by atoms with Crippen LogP contribution in [0, 0.1) is 26.2 Å². The Kier molecular flexibility index (Phi) is 3.43. The van der Waals surface area contributed by atoms with E-state index in [9.17, 15) is 9.90 Å². The van der Waals surface area contributed by atoms with Gasteiger partial charge < -0.3 is 15.2 Å². The van der Waals surface area contributed by atoms with E-state index in [0.717, 1.165) is 35.4 Å². The summed E-state index contributed by atoms with van der Waals surface area (Å²) in [5, 5.41) is 12.5. The van der Waals surface area contributed by atoms with Gasteiger partial charge in [-0.2, -0.15) is 0 Å². The molecular weight excluding hydrogens is 242 g/mol. The first-order valence-corrected chi connectivity index (χ1v) is 6.53. The van der Waals surface area contributed by atoms with Crippen molar-refractivity contribution in [3.63, 3.8) is 0 Å². The fourth-order valence-electron chi connectivity index (χ4n) is 2.40. The Morgan fingerprint density at radius 3 is 2.47 bits per heavy atom. The van der Waals surface area contributed by atoms with Gasteiger partial charge in [-0.1, -0.05) is 6.07 Å². The Balaban J connectivity index is 2.25. The van der Waals surface area contributed by atoms with Crippen molar-refractivity contribution < 1.29 is 14.6 Å². The number of rotatable bonds is 5. The van der Waals surface area contributed by atoms with Crippen LogP contribution in [0.25, 0.3) is 0 Å². The van der Waals surface area contributed by atoms with Gasteiger partial charge in [-0.15, -0.1) is 0 Å². The number of benzene rings is 1. The summed E-state index contributed by atoms with van der Waals surface area (Å²) >= 11 is 0. The summed E-state index contributed by atoms with van der Waals surface area (Å²) in [6.07, 6.45) is 1.50. The van der Waals surface area contributed by atoms with Crippen LogP contribution >= 0.6 is 0 Å². The minimum atomic E-state index is -0.708. The van der Waals surface area contributed by atoms with E-state index < -0.39 is 11.4 Å². The third-order valence-corrected chi connectivity index (χ3v) is 4.10. The Bertz CT molecular complexity index is 519. The van der Waals surface area contributed by atoms with Crippen LogP contribution in [0.2, 0.25) is 0 Å². The number of ether oxygens (including phenoxy) is 1. The molecule has 0 spiro atoms. The van der Waals surface area contributed by atoms with Gasteiger partial charge >= 0.3 is 5.97 Å². The molecule has 4 nitrogen and oxygen atoms in total. The number of carbonyl (C=O) groups is 1. The molecule has 0 aromatic heterocycles. The molecule has 0 heterocycles. The number of carboxylic acids is 1. The molecule has 1 fully saturated rings. The third-order valence-electron chi connectivity index (χ3n) is 4.10. The molecule has 0 atom stereocenters.